The van der Waals surface area contributed by atoms with Crippen molar-refractivity contribution < 1.29 is 28.6 Å². The van der Waals surface area contributed by atoms with Crippen LogP contribution in [0.15, 0.2) is 97.1 Å². The van der Waals surface area contributed by atoms with Crippen molar-refractivity contribution >= 4 is 39.5 Å². The Hall–Kier alpha value is -4.97. The van der Waals surface area contributed by atoms with E-state index in [0.29, 0.717) is 22.6 Å². The van der Waals surface area contributed by atoms with Crippen molar-refractivity contribution in [2.45, 2.75) is 33.3 Å². The van der Waals surface area contributed by atoms with Gasteiger partial charge in [0.25, 0.3) is 0 Å². The van der Waals surface area contributed by atoms with E-state index in [-0.39, 0.29) is 23.8 Å². The maximum Gasteiger partial charge on any atom is 0.340 e. The minimum atomic E-state index is -1.34. The van der Waals surface area contributed by atoms with Crippen LogP contribution >= 0.6 is 0 Å². The zero-order valence-electron chi connectivity index (χ0n) is 23.8. The van der Waals surface area contributed by atoms with Crippen LogP contribution in [0.25, 0.3) is 21.5 Å². The summed E-state index contributed by atoms with van der Waals surface area (Å²) in [6, 6.07) is 29.9. The largest absolute Gasteiger partial charge is 0.441 e. The number of ether oxygens (including phenoxy) is 3. The highest BCUT2D eigenvalue weighted by molar-refractivity contribution is 6.02. The van der Waals surface area contributed by atoms with E-state index in [1.807, 2.05) is 78.9 Å². The zero-order valence-corrected chi connectivity index (χ0v) is 23.8. The number of hydrogen-bond donors (Lipinski definition) is 0. The topological polar surface area (TPSA) is 78.9 Å². The van der Waals surface area contributed by atoms with Gasteiger partial charge in [0.1, 0.15) is 11.5 Å². The number of fused-ring (bicyclic) bond motifs is 3. The van der Waals surface area contributed by atoms with E-state index < -0.39 is 11.6 Å². The fourth-order valence-corrected chi connectivity index (χ4v) is 5.55. The Morgan fingerprint density at radius 2 is 1.00 bits per heavy atom. The normalized spacial score (nSPS) is 13.8. The summed E-state index contributed by atoms with van der Waals surface area (Å²) in [5.74, 6) is -0.845. The molecule has 6 heteroatoms. The monoisotopic (exact) mass is 558 g/mol. The van der Waals surface area contributed by atoms with Gasteiger partial charge in [-0.25, -0.2) is 4.79 Å². The van der Waals surface area contributed by atoms with E-state index in [2.05, 4.69) is 0 Å². The summed E-state index contributed by atoms with van der Waals surface area (Å²) in [5, 5.41) is 2.98. The molecule has 0 aliphatic carbocycles. The third-order valence-corrected chi connectivity index (χ3v) is 7.66. The molecular weight excluding hydrogens is 528 g/mol. The van der Waals surface area contributed by atoms with Crippen LogP contribution in [0.3, 0.4) is 0 Å². The SMILES string of the molecule is CC(C)C(=O)Oc1ccc(C2(c3ccc(OC(=O)C(C)C)c4ccccc34)OC(=O)c3ccccc32)c2ccccc12. The first kappa shape index (κ1) is 27.2. The summed E-state index contributed by atoms with van der Waals surface area (Å²) in [5.41, 5.74) is 1.27. The molecule has 1 heterocycles. The molecule has 42 heavy (non-hydrogen) atoms. The first-order valence-corrected chi connectivity index (χ1v) is 14.0. The van der Waals surface area contributed by atoms with Crippen molar-refractivity contribution in [1.29, 1.82) is 0 Å². The van der Waals surface area contributed by atoms with Gasteiger partial charge < -0.3 is 14.2 Å². The second-order valence-electron chi connectivity index (χ2n) is 11.1. The molecule has 6 rings (SSSR count). The van der Waals surface area contributed by atoms with Crippen LogP contribution in [0.2, 0.25) is 0 Å². The average Bonchev–Trinajstić information content (AvgIpc) is 3.30. The highest BCUT2D eigenvalue weighted by atomic mass is 16.6. The molecule has 0 fully saturated rings. The van der Waals surface area contributed by atoms with E-state index >= 15 is 0 Å². The fraction of sp³-hybridized carbons (Fsp3) is 0.194. The predicted molar refractivity (Wildman–Crippen MR) is 161 cm³/mol. The van der Waals surface area contributed by atoms with E-state index in [9.17, 15) is 14.4 Å². The van der Waals surface area contributed by atoms with Crippen molar-refractivity contribution in [3.63, 3.8) is 0 Å². The standard InChI is InChI=1S/C36H30O6/c1-21(2)33(37)40-31-19-17-29(23-11-5-7-13-25(23)31)36(28-16-10-9-15-27(28)35(39)42-36)30-18-20-32(41-34(38)22(3)4)26-14-8-6-12-24(26)30/h5-22H,1-4H3. The molecule has 5 aromatic carbocycles. The predicted octanol–water partition coefficient (Wildman–Crippen LogP) is 7.58. The smallest absolute Gasteiger partial charge is 0.340 e. The van der Waals surface area contributed by atoms with Crippen molar-refractivity contribution in [1.82, 2.24) is 0 Å². The van der Waals surface area contributed by atoms with Gasteiger partial charge in [-0.15, -0.1) is 0 Å². The van der Waals surface area contributed by atoms with Crippen molar-refractivity contribution in [3.8, 4) is 11.5 Å². The van der Waals surface area contributed by atoms with Gasteiger partial charge in [0.2, 0.25) is 0 Å². The van der Waals surface area contributed by atoms with Gasteiger partial charge in [0, 0.05) is 27.5 Å². The van der Waals surface area contributed by atoms with Crippen LogP contribution in [0.5, 0.6) is 11.5 Å². The van der Waals surface area contributed by atoms with Gasteiger partial charge in [-0.3, -0.25) is 9.59 Å². The number of cyclic esters (lactones) is 1. The lowest BCUT2D eigenvalue weighted by molar-refractivity contribution is -0.138. The average molecular weight is 559 g/mol. The van der Waals surface area contributed by atoms with Crippen molar-refractivity contribution in [2.75, 3.05) is 0 Å². The van der Waals surface area contributed by atoms with E-state index in [4.69, 9.17) is 14.2 Å². The molecule has 0 bridgehead atoms. The molecule has 5 aromatic rings. The Bertz CT molecular complexity index is 1780. The number of carbonyl (C=O) groups is 3. The Morgan fingerprint density at radius 3 is 1.48 bits per heavy atom. The maximum atomic E-state index is 13.5. The first-order chi connectivity index (χ1) is 20.2. The lowest BCUT2D eigenvalue weighted by atomic mass is 9.76. The summed E-state index contributed by atoms with van der Waals surface area (Å²) in [6.07, 6.45) is 0. The van der Waals surface area contributed by atoms with Crippen molar-refractivity contribution in [2.24, 2.45) is 11.8 Å². The van der Waals surface area contributed by atoms with Crippen molar-refractivity contribution in [3.05, 3.63) is 119 Å². The van der Waals surface area contributed by atoms with Crippen LogP contribution in [-0.4, -0.2) is 17.9 Å². The van der Waals surface area contributed by atoms with E-state index in [0.717, 1.165) is 32.7 Å². The molecule has 0 N–H and O–H groups in total. The Kier molecular flexibility index (Phi) is 6.77. The van der Waals surface area contributed by atoms with Crippen LogP contribution in [0, 0.1) is 11.8 Å². The second-order valence-corrected chi connectivity index (χ2v) is 11.1. The maximum absolute atomic E-state index is 13.5. The molecule has 6 nitrogen and oxygen atoms in total. The number of esters is 3. The fourth-order valence-electron chi connectivity index (χ4n) is 5.55. The molecule has 0 aromatic heterocycles. The Labute approximate surface area is 243 Å². The van der Waals surface area contributed by atoms with Crippen LogP contribution < -0.4 is 9.47 Å². The van der Waals surface area contributed by atoms with Gasteiger partial charge in [-0.05, 0) is 41.1 Å². The molecule has 0 saturated carbocycles. The van der Waals surface area contributed by atoms with Gasteiger partial charge in [-0.1, -0.05) is 94.4 Å². The van der Waals surface area contributed by atoms with Gasteiger partial charge >= 0.3 is 17.9 Å². The first-order valence-electron chi connectivity index (χ1n) is 14.0. The zero-order chi connectivity index (χ0) is 29.6. The Balaban J connectivity index is 1.66. The molecule has 0 unspecified atom stereocenters. The van der Waals surface area contributed by atoms with Gasteiger partial charge in [-0.2, -0.15) is 0 Å². The number of benzene rings is 5. The lowest BCUT2D eigenvalue weighted by Crippen LogP contribution is -2.30. The number of hydrogen-bond acceptors (Lipinski definition) is 6. The summed E-state index contributed by atoms with van der Waals surface area (Å²) in [4.78, 5) is 38.6. The molecule has 210 valence electrons. The molecule has 0 atom stereocenters. The number of carbonyl (C=O) groups excluding carboxylic acids is 3. The minimum Gasteiger partial charge on any atom is -0.441 e. The molecule has 1 aliphatic heterocycles. The van der Waals surface area contributed by atoms with E-state index in [1.165, 1.54) is 0 Å². The van der Waals surface area contributed by atoms with E-state index in [1.54, 1.807) is 45.9 Å². The Morgan fingerprint density at radius 1 is 0.571 bits per heavy atom. The molecular formula is C36H30O6. The third-order valence-electron chi connectivity index (χ3n) is 7.66. The summed E-state index contributed by atoms with van der Waals surface area (Å²) < 4.78 is 18.0. The van der Waals surface area contributed by atoms with Crippen LogP contribution in [-0.2, 0) is 19.9 Å². The lowest BCUT2D eigenvalue weighted by Gasteiger charge is -2.33. The van der Waals surface area contributed by atoms with Crippen LogP contribution in [0.4, 0.5) is 0 Å². The quantitative estimate of drug-likeness (QED) is 0.158. The van der Waals surface area contributed by atoms with Gasteiger partial charge in [0.05, 0.1) is 17.4 Å². The summed E-state index contributed by atoms with van der Waals surface area (Å²) in [7, 11) is 0. The second kappa shape index (κ2) is 10.5. The molecule has 0 radical (unpaired) electrons. The third kappa shape index (κ3) is 4.31. The minimum absolute atomic E-state index is 0.299. The molecule has 0 saturated heterocycles. The highest BCUT2D eigenvalue weighted by Gasteiger charge is 2.50. The number of rotatable bonds is 6. The molecule has 0 spiro atoms. The van der Waals surface area contributed by atoms with Gasteiger partial charge in [0.15, 0.2) is 5.60 Å². The highest BCUT2D eigenvalue weighted by Crippen LogP contribution is 2.52. The summed E-state index contributed by atoms with van der Waals surface area (Å²) >= 11 is 0. The van der Waals surface area contributed by atoms with Crippen LogP contribution in [0.1, 0.15) is 54.7 Å². The molecule has 0 amide bonds. The summed E-state index contributed by atoms with van der Waals surface area (Å²) in [6.45, 7) is 7.15. The molecule has 1 aliphatic rings.